The Morgan fingerprint density at radius 2 is 1.91 bits per heavy atom. The van der Waals surface area contributed by atoms with Gasteiger partial charge in [-0.1, -0.05) is 0 Å². The SMILES string of the molecule is CC(C)(C)OC(=O)N1CCC(C(=O)Nc2ccc(=O)[nH]c2)CC1. The molecule has 126 valence electrons. The molecular formula is C16H23N3O4. The number of aromatic nitrogens is 1. The number of nitrogens with zero attached hydrogens (tertiary/aromatic N) is 1. The van der Waals surface area contributed by atoms with E-state index in [-0.39, 0.29) is 23.5 Å². The van der Waals surface area contributed by atoms with Crippen LogP contribution in [0.3, 0.4) is 0 Å². The van der Waals surface area contributed by atoms with Gasteiger partial charge in [0.25, 0.3) is 0 Å². The second-order valence-electron chi connectivity index (χ2n) is 6.67. The van der Waals surface area contributed by atoms with E-state index in [1.165, 1.54) is 12.3 Å². The molecule has 0 atom stereocenters. The number of ether oxygens (including phenoxy) is 1. The van der Waals surface area contributed by atoms with Crippen molar-refractivity contribution in [3.05, 3.63) is 28.7 Å². The predicted octanol–water partition coefficient (Wildman–Crippen LogP) is 1.96. The number of carbonyl (C=O) groups is 2. The third-order valence-electron chi connectivity index (χ3n) is 3.57. The van der Waals surface area contributed by atoms with Gasteiger partial charge < -0.3 is 19.9 Å². The first-order valence-electron chi connectivity index (χ1n) is 7.72. The minimum atomic E-state index is -0.518. The molecule has 1 saturated heterocycles. The molecule has 1 aromatic rings. The lowest BCUT2D eigenvalue weighted by molar-refractivity contribution is -0.121. The number of likely N-dealkylation sites (tertiary alicyclic amines) is 1. The summed E-state index contributed by atoms with van der Waals surface area (Å²) in [5, 5.41) is 2.78. The first-order valence-corrected chi connectivity index (χ1v) is 7.72. The van der Waals surface area contributed by atoms with Crippen LogP contribution in [-0.2, 0) is 9.53 Å². The van der Waals surface area contributed by atoms with Crippen LogP contribution in [0.1, 0.15) is 33.6 Å². The summed E-state index contributed by atoms with van der Waals surface area (Å²) in [7, 11) is 0. The van der Waals surface area contributed by atoms with Crippen LogP contribution in [0.2, 0.25) is 0 Å². The molecule has 0 saturated carbocycles. The van der Waals surface area contributed by atoms with Crippen LogP contribution in [0.25, 0.3) is 0 Å². The Balaban J connectivity index is 1.84. The maximum absolute atomic E-state index is 12.2. The summed E-state index contributed by atoms with van der Waals surface area (Å²) in [6.07, 6.45) is 2.32. The van der Waals surface area contributed by atoms with E-state index >= 15 is 0 Å². The third-order valence-corrected chi connectivity index (χ3v) is 3.57. The van der Waals surface area contributed by atoms with E-state index in [2.05, 4.69) is 10.3 Å². The molecule has 2 N–H and O–H groups in total. The number of rotatable bonds is 2. The Morgan fingerprint density at radius 3 is 2.43 bits per heavy atom. The van der Waals surface area contributed by atoms with Gasteiger partial charge in [0.1, 0.15) is 5.60 Å². The van der Waals surface area contributed by atoms with Crippen molar-refractivity contribution < 1.29 is 14.3 Å². The van der Waals surface area contributed by atoms with Gasteiger partial charge in [-0.25, -0.2) is 4.79 Å². The topological polar surface area (TPSA) is 91.5 Å². The summed E-state index contributed by atoms with van der Waals surface area (Å²) in [6, 6.07) is 2.92. The number of piperidine rings is 1. The number of nitrogens with one attached hydrogen (secondary N) is 2. The van der Waals surface area contributed by atoms with Crippen LogP contribution in [0, 0.1) is 5.92 Å². The minimum Gasteiger partial charge on any atom is -0.444 e. The number of amides is 2. The van der Waals surface area contributed by atoms with Gasteiger partial charge in [-0.15, -0.1) is 0 Å². The number of hydrogen-bond acceptors (Lipinski definition) is 4. The van der Waals surface area contributed by atoms with Crippen molar-refractivity contribution in [1.82, 2.24) is 9.88 Å². The van der Waals surface area contributed by atoms with E-state index in [1.807, 2.05) is 20.8 Å². The summed E-state index contributed by atoms with van der Waals surface area (Å²) in [6.45, 7) is 6.48. The lowest BCUT2D eigenvalue weighted by Crippen LogP contribution is -2.43. The highest BCUT2D eigenvalue weighted by molar-refractivity contribution is 5.92. The molecule has 0 aliphatic carbocycles. The minimum absolute atomic E-state index is 0.0964. The van der Waals surface area contributed by atoms with Crippen LogP contribution >= 0.6 is 0 Å². The lowest BCUT2D eigenvalue weighted by atomic mass is 9.96. The standard InChI is InChI=1S/C16H23N3O4/c1-16(2,3)23-15(22)19-8-6-11(7-9-19)14(21)18-12-4-5-13(20)17-10-12/h4-5,10-11H,6-9H2,1-3H3,(H,17,20)(H,18,21). The van der Waals surface area contributed by atoms with Crippen molar-refractivity contribution in [2.45, 2.75) is 39.2 Å². The van der Waals surface area contributed by atoms with Crippen molar-refractivity contribution in [3.8, 4) is 0 Å². The molecule has 2 rings (SSSR count). The van der Waals surface area contributed by atoms with Gasteiger partial charge in [-0.05, 0) is 39.7 Å². The first-order chi connectivity index (χ1) is 10.7. The quantitative estimate of drug-likeness (QED) is 0.871. The van der Waals surface area contributed by atoms with Crippen LogP contribution < -0.4 is 10.9 Å². The Hall–Kier alpha value is -2.31. The normalized spacial score (nSPS) is 16.0. The second kappa shape index (κ2) is 6.85. The maximum Gasteiger partial charge on any atom is 0.410 e. The van der Waals surface area contributed by atoms with Crippen molar-refractivity contribution in [2.75, 3.05) is 18.4 Å². The Morgan fingerprint density at radius 1 is 1.26 bits per heavy atom. The van der Waals surface area contributed by atoms with E-state index < -0.39 is 5.60 Å². The number of carbonyl (C=O) groups excluding carboxylic acids is 2. The molecule has 23 heavy (non-hydrogen) atoms. The van der Waals surface area contributed by atoms with E-state index in [0.717, 1.165) is 0 Å². The molecule has 1 aromatic heterocycles. The predicted molar refractivity (Wildman–Crippen MR) is 86.2 cm³/mol. The van der Waals surface area contributed by atoms with Gasteiger partial charge in [0.2, 0.25) is 11.5 Å². The van der Waals surface area contributed by atoms with Crippen molar-refractivity contribution in [2.24, 2.45) is 5.92 Å². The fourth-order valence-electron chi connectivity index (χ4n) is 2.38. The molecule has 0 bridgehead atoms. The fraction of sp³-hybridized carbons (Fsp3) is 0.562. The average Bonchev–Trinajstić information content (AvgIpc) is 2.48. The highest BCUT2D eigenvalue weighted by atomic mass is 16.6. The van der Waals surface area contributed by atoms with Gasteiger partial charge in [0, 0.05) is 31.3 Å². The number of pyridine rings is 1. The largest absolute Gasteiger partial charge is 0.444 e. The molecule has 0 spiro atoms. The first kappa shape index (κ1) is 17.1. The Labute approximate surface area is 135 Å². The molecule has 7 heteroatoms. The van der Waals surface area contributed by atoms with E-state index in [4.69, 9.17) is 4.74 Å². The van der Waals surface area contributed by atoms with Crippen molar-refractivity contribution in [1.29, 1.82) is 0 Å². The lowest BCUT2D eigenvalue weighted by Gasteiger charge is -2.32. The molecular weight excluding hydrogens is 298 g/mol. The monoisotopic (exact) mass is 321 g/mol. The molecule has 2 heterocycles. The van der Waals surface area contributed by atoms with Gasteiger partial charge in [-0.2, -0.15) is 0 Å². The highest BCUT2D eigenvalue weighted by Crippen LogP contribution is 2.21. The summed E-state index contributed by atoms with van der Waals surface area (Å²) < 4.78 is 5.33. The molecule has 0 aromatic carbocycles. The number of aromatic amines is 1. The molecule has 0 unspecified atom stereocenters. The summed E-state index contributed by atoms with van der Waals surface area (Å²) in [5.74, 6) is -0.249. The van der Waals surface area contributed by atoms with Gasteiger partial charge in [0.15, 0.2) is 0 Å². The summed E-state index contributed by atoms with van der Waals surface area (Å²) >= 11 is 0. The van der Waals surface area contributed by atoms with Crippen molar-refractivity contribution in [3.63, 3.8) is 0 Å². The number of hydrogen-bond donors (Lipinski definition) is 2. The van der Waals surface area contributed by atoms with Crippen LogP contribution in [0.15, 0.2) is 23.1 Å². The summed E-state index contributed by atoms with van der Waals surface area (Å²) in [5.41, 5.74) is -0.173. The zero-order chi connectivity index (χ0) is 17.0. The van der Waals surface area contributed by atoms with E-state index in [9.17, 15) is 14.4 Å². The third kappa shape index (κ3) is 5.12. The number of anilines is 1. The van der Waals surface area contributed by atoms with Crippen molar-refractivity contribution >= 4 is 17.7 Å². The molecule has 1 aliphatic rings. The zero-order valence-electron chi connectivity index (χ0n) is 13.7. The van der Waals surface area contributed by atoms with Crippen LogP contribution in [0.5, 0.6) is 0 Å². The summed E-state index contributed by atoms with van der Waals surface area (Å²) in [4.78, 5) is 39.3. The average molecular weight is 321 g/mol. The van der Waals surface area contributed by atoms with Gasteiger partial charge in [0.05, 0.1) is 5.69 Å². The molecule has 2 amide bonds. The molecule has 7 nitrogen and oxygen atoms in total. The second-order valence-corrected chi connectivity index (χ2v) is 6.67. The van der Waals surface area contributed by atoms with E-state index in [1.54, 1.807) is 11.0 Å². The van der Waals surface area contributed by atoms with E-state index in [0.29, 0.717) is 31.6 Å². The molecule has 1 aliphatic heterocycles. The smallest absolute Gasteiger partial charge is 0.410 e. The van der Waals surface area contributed by atoms with Crippen LogP contribution in [0.4, 0.5) is 10.5 Å². The Kier molecular flexibility index (Phi) is 5.08. The van der Waals surface area contributed by atoms with Gasteiger partial charge >= 0.3 is 6.09 Å². The maximum atomic E-state index is 12.2. The van der Waals surface area contributed by atoms with Crippen LogP contribution in [-0.4, -0.2) is 40.6 Å². The fourth-order valence-corrected chi connectivity index (χ4v) is 2.38. The number of H-pyrrole nitrogens is 1. The highest BCUT2D eigenvalue weighted by Gasteiger charge is 2.29. The van der Waals surface area contributed by atoms with Gasteiger partial charge in [-0.3, -0.25) is 9.59 Å². The Bertz CT molecular complexity index is 604. The zero-order valence-corrected chi connectivity index (χ0v) is 13.7. The molecule has 0 radical (unpaired) electrons. The molecule has 1 fully saturated rings.